The summed E-state index contributed by atoms with van der Waals surface area (Å²) in [6.07, 6.45) is 0.767. The summed E-state index contributed by atoms with van der Waals surface area (Å²) in [6, 6.07) is 3.20. The van der Waals surface area contributed by atoms with E-state index in [1.54, 1.807) is 17.0 Å². The number of hydrogen-bond donors (Lipinski definition) is 2. The van der Waals surface area contributed by atoms with Crippen LogP contribution in [0.4, 0.5) is 5.69 Å². The van der Waals surface area contributed by atoms with Gasteiger partial charge >= 0.3 is 0 Å². The van der Waals surface area contributed by atoms with Crippen molar-refractivity contribution in [2.75, 3.05) is 32.6 Å². The first-order chi connectivity index (χ1) is 11.7. The third-order valence-electron chi connectivity index (χ3n) is 4.20. The normalized spacial score (nSPS) is 16.7. The molecule has 7 nitrogen and oxygen atoms in total. The van der Waals surface area contributed by atoms with Gasteiger partial charge < -0.3 is 25.4 Å². The number of rotatable bonds is 4. The Balaban J connectivity index is 0.00000338. The summed E-state index contributed by atoms with van der Waals surface area (Å²) < 4.78 is 10.6. The van der Waals surface area contributed by atoms with Crippen molar-refractivity contribution in [1.29, 1.82) is 0 Å². The summed E-state index contributed by atoms with van der Waals surface area (Å²) in [4.78, 5) is 27.0. The van der Waals surface area contributed by atoms with Gasteiger partial charge in [-0.15, -0.1) is 12.4 Å². The highest BCUT2D eigenvalue weighted by atomic mass is 35.5. The van der Waals surface area contributed by atoms with Crippen LogP contribution in [0.3, 0.4) is 0 Å². The van der Waals surface area contributed by atoms with Gasteiger partial charge in [0, 0.05) is 30.6 Å². The Labute approximate surface area is 160 Å². The number of nitrogens with zero attached hydrogens (tertiary/aromatic N) is 1. The first-order valence-electron chi connectivity index (χ1n) is 8.29. The molecule has 26 heavy (non-hydrogen) atoms. The van der Waals surface area contributed by atoms with Crippen LogP contribution >= 0.6 is 12.4 Å². The molecular weight excluding hydrogens is 358 g/mol. The monoisotopic (exact) mass is 385 g/mol. The lowest BCUT2D eigenvalue weighted by molar-refractivity contribution is -0.123. The minimum Gasteiger partial charge on any atom is -0.493 e. The lowest BCUT2D eigenvalue weighted by Gasteiger charge is -2.23. The second-order valence-corrected chi connectivity index (χ2v) is 7.26. The van der Waals surface area contributed by atoms with Gasteiger partial charge in [-0.1, -0.05) is 20.8 Å². The minimum atomic E-state index is -0.594. The molecule has 1 atom stereocenters. The number of nitrogens with one attached hydrogen (secondary N) is 1. The van der Waals surface area contributed by atoms with Crippen LogP contribution in [0.25, 0.3) is 0 Å². The van der Waals surface area contributed by atoms with Crippen LogP contribution in [-0.2, 0) is 4.79 Å². The second kappa shape index (κ2) is 8.60. The average Bonchev–Trinajstić information content (AvgIpc) is 2.99. The predicted molar refractivity (Wildman–Crippen MR) is 103 cm³/mol. The molecule has 8 heteroatoms. The molecule has 1 saturated heterocycles. The van der Waals surface area contributed by atoms with Crippen molar-refractivity contribution < 1.29 is 19.1 Å². The summed E-state index contributed by atoms with van der Waals surface area (Å²) in [7, 11) is 3.01. The lowest BCUT2D eigenvalue weighted by Crippen LogP contribution is -2.33. The Morgan fingerprint density at radius 2 is 1.77 bits per heavy atom. The van der Waals surface area contributed by atoms with Crippen LogP contribution in [-0.4, -0.2) is 50.1 Å². The Bertz CT molecular complexity index is 673. The van der Waals surface area contributed by atoms with Gasteiger partial charge in [-0.2, -0.15) is 0 Å². The third kappa shape index (κ3) is 4.80. The molecule has 1 aliphatic rings. The number of ether oxygens (including phenoxy) is 2. The first kappa shape index (κ1) is 22.1. The largest absolute Gasteiger partial charge is 0.493 e. The standard InChI is InChI=1S/C18H27N3O4.ClH/c1-18(2,3)17(23)20-13-9-15(25-5)14(24-4)8-12(13)16(22)21-7-6-11(19)10-21;/h8-9,11H,6-7,10,19H2,1-5H3,(H,20,23);1H/t11-;/m1./s1. The number of carbonyl (C=O) groups excluding carboxylic acids is 2. The van der Waals surface area contributed by atoms with E-state index in [4.69, 9.17) is 15.2 Å². The fraction of sp³-hybridized carbons (Fsp3) is 0.556. The van der Waals surface area contributed by atoms with Crippen molar-refractivity contribution in [1.82, 2.24) is 4.90 Å². The number of methoxy groups -OCH3 is 2. The SMILES string of the molecule is COc1cc(NC(=O)C(C)(C)C)c(C(=O)N2CC[C@@H](N)C2)cc1OC.Cl. The number of likely N-dealkylation sites (tertiary alicyclic amines) is 1. The van der Waals surface area contributed by atoms with Gasteiger partial charge in [0.15, 0.2) is 11.5 Å². The van der Waals surface area contributed by atoms with Crippen LogP contribution in [0.15, 0.2) is 12.1 Å². The molecule has 3 N–H and O–H groups in total. The number of carbonyl (C=O) groups is 2. The highest BCUT2D eigenvalue weighted by molar-refractivity contribution is 6.05. The van der Waals surface area contributed by atoms with Crippen molar-refractivity contribution in [2.45, 2.75) is 33.2 Å². The van der Waals surface area contributed by atoms with E-state index in [1.165, 1.54) is 14.2 Å². The number of nitrogens with two attached hydrogens (primary N) is 1. The molecule has 0 radical (unpaired) electrons. The average molecular weight is 386 g/mol. The van der Waals surface area contributed by atoms with Crippen LogP contribution < -0.4 is 20.5 Å². The summed E-state index contributed by atoms with van der Waals surface area (Å²) in [6.45, 7) is 6.53. The third-order valence-corrected chi connectivity index (χ3v) is 4.20. The zero-order chi connectivity index (χ0) is 18.8. The van der Waals surface area contributed by atoms with Crippen LogP contribution in [0, 0.1) is 5.41 Å². The summed E-state index contributed by atoms with van der Waals surface area (Å²) in [5, 5.41) is 2.84. The zero-order valence-electron chi connectivity index (χ0n) is 15.9. The molecule has 0 unspecified atom stereocenters. The second-order valence-electron chi connectivity index (χ2n) is 7.26. The van der Waals surface area contributed by atoms with Crippen LogP contribution in [0.5, 0.6) is 11.5 Å². The van der Waals surface area contributed by atoms with Crippen molar-refractivity contribution in [3.8, 4) is 11.5 Å². The number of hydrogen-bond acceptors (Lipinski definition) is 5. The maximum atomic E-state index is 12.9. The van der Waals surface area contributed by atoms with E-state index in [0.29, 0.717) is 35.8 Å². The molecule has 146 valence electrons. The van der Waals surface area contributed by atoms with E-state index in [9.17, 15) is 9.59 Å². The van der Waals surface area contributed by atoms with Gasteiger partial charge in [0.05, 0.1) is 25.5 Å². The van der Waals surface area contributed by atoms with Crippen molar-refractivity contribution in [2.24, 2.45) is 11.1 Å². The molecule has 1 aromatic rings. The van der Waals surface area contributed by atoms with Gasteiger partial charge in [-0.3, -0.25) is 9.59 Å². The Morgan fingerprint density at radius 3 is 2.23 bits per heavy atom. The molecular formula is C18H28ClN3O4. The number of anilines is 1. The molecule has 0 spiro atoms. The number of amides is 2. The maximum absolute atomic E-state index is 12.9. The van der Waals surface area contributed by atoms with Crippen LogP contribution in [0.1, 0.15) is 37.6 Å². The van der Waals surface area contributed by atoms with E-state index >= 15 is 0 Å². The maximum Gasteiger partial charge on any atom is 0.256 e. The number of benzene rings is 1. The Hall–Kier alpha value is -1.99. The molecule has 2 rings (SSSR count). The van der Waals surface area contributed by atoms with Crippen LogP contribution in [0.2, 0.25) is 0 Å². The van der Waals surface area contributed by atoms with E-state index in [2.05, 4.69) is 5.32 Å². The molecule has 0 aliphatic carbocycles. The summed E-state index contributed by atoms with van der Waals surface area (Å²) >= 11 is 0. The molecule has 0 bridgehead atoms. The fourth-order valence-electron chi connectivity index (χ4n) is 2.61. The van der Waals surface area contributed by atoms with Gasteiger partial charge in [-0.25, -0.2) is 0 Å². The van der Waals surface area contributed by atoms with Crippen molar-refractivity contribution in [3.63, 3.8) is 0 Å². The zero-order valence-corrected chi connectivity index (χ0v) is 16.7. The van der Waals surface area contributed by atoms with E-state index < -0.39 is 5.41 Å². The first-order valence-corrected chi connectivity index (χ1v) is 8.29. The summed E-state index contributed by atoms with van der Waals surface area (Å²) in [5.74, 6) is 0.509. The highest BCUT2D eigenvalue weighted by Gasteiger charge is 2.29. The molecule has 2 amide bonds. The quantitative estimate of drug-likeness (QED) is 0.829. The topological polar surface area (TPSA) is 93.9 Å². The Morgan fingerprint density at radius 1 is 1.19 bits per heavy atom. The smallest absolute Gasteiger partial charge is 0.256 e. The van der Waals surface area contributed by atoms with Gasteiger partial charge in [0.25, 0.3) is 5.91 Å². The highest BCUT2D eigenvalue weighted by Crippen LogP contribution is 2.35. The van der Waals surface area contributed by atoms with Crippen molar-refractivity contribution >= 4 is 29.9 Å². The van der Waals surface area contributed by atoms with Gasteiger partial charge in [0.2, 0.25) is 5.91 Å². The minimum absolute atomic E-state index is 0. The van der Waals surface area contributed by atoms with E-state index in [1.807, 2.05) is 20.8 Å². The fourth-order valence-corrected chi connectivity index (χ4v) is 2.61. The summed E-state index contributed by atoms with van der Waals surface area (Å²) in [5.41, 5.74) is 6.09. The molecule has 1 aliphatic heterocycles. The van der Waals surface area contributed by atoms with Gasteiger partial charge in [0.1, 0.15) is 0 Å². The molecule has 1 heterocycles. The van der Waals surface area contributed by atoms with E-state index in [0.717, 1.165) is 6.42 Å². The molecule has 0 aromatic heterocycles. The van der Waals surface area contributed by atoms with Gasteiger partial charge in [-0.05, 0) is 12.5 Å². The lowest BCUT2D eigenvalue weighted by atomic mass is 9.95. The molecule has 0 saturated carbocycles. The Kier molecular flexibility index (Phi) is 7.29. The predicted octanol–water partition coefficient (Wildman–Crippen LogP) is 2.28. The van der Waals surface area contributed by atoms with Crippen molar-refractivity contribution in [3.05, 3.63) is 17.7 Å². The molecule has 1 aromatic carbocycles. The van der Waals surface area contributed by atoms with E-state index in [-0.39, 0.29) is 30.3 Å². The number of halogens is 1. The molecule has 1 fully saturated rings.